The molecule has 14 heteroatoms. The molecule has 0 radical (unpaired) electrons. The molecule has 0 aliphatic carbocycles. The second kappa shape index (κ2) is 13.4. The van der Waals surface area contributed by atoms with E-state index in [1.165, 1.54) is 27.7 Å². The number of ether oxygens (including phenoxy) is 4. The molecule has 5 atom stereocenters. The van der Waals surface area contributed by atoms with Gasteiger partial charge in [-0.25, -0.2) is 0 Å². The van der Waals surface area contributed by atoms with Crippen molar-refractivity contribution in [3.05, 3.63) is 54.9 Å². The summed E-state index contributed by atoms with van der Waals surface area (Å²) in [6, 6.07) is 12.0. The fourth-order valence-corrected chi connectivity index (χ4v) is 5.50. The minimum absolute atomic E-state index is 0.303. The molecule has 0 unspecified atom stereocenters. The number of pyridine rings is 1. The molecule has 1 aliphatic heterocycles. The third-order valence-electron chi connectivity index (χ3n) is 5.88. The number of nitrogens with one attached hydrogen (secondary N) is 1. The standard InChI is InChI=1S/C27H29N5O8S/c1-15(33)29-22-24(39-18(4)36)23(38-17(3)35)21(14-37-16(2)34)40-26(22)41-27-31-30-25(19-10-12-28-13-11-19)32(27)20-8-6-5-7-9-20/h5-13,21-24,26H,14H2,1-4H3,(H,29,33)/t21-,22+,23-,24-,26+/m1/s1. The van der Waals surface area contributed by atoms with E-state index in [2.05, 4.69) is 20.5 Å². The van der Waals surface area contributed by atoms with Crippen LogP contribution in [0.1, 0.15) is 27.7 Å². The molecular formula is C27H29N5O8S. The summed E-state index contributed by atoms with van der Waals surface area (Å²) in [7, 11) is 0. The van der Waals surface area contributed by atoms with Crippen LogP contribution in [-0.4, -0.2) is 80.0 Å². The number of para-hydroxylation sites is 1. The van der Waals surface area contributed by atoms with Gasteiger partial charge < -0.3 is 24.3 Å². The number of nitrogens with zero attached hydrogens (tertiary/aromatic N) is 4. The first-order valence-corrected chi connectivity index (χ1v) is 13.5. The number of esters is 3. The Bertz CT molecular complexity index is 1390. The van der Waals surface area contributed by atoms with Crippen LogP contribution in [0.5, 0.6) is 0 Å². The molecule has 1 aliphatic rings. The van der Waals surface area contributed by atoms with Crippen LogP contribution in [0.2, 0.25) is 0 Å². The molecule has 0 bridgehead atoms. The summed E-state index contributed by atoms with van der Waals surface area (Å²) in [5.41, 5.74) is 0.559. The predicted molar refractivity (Wildman–Crippen MR) is 144 cm³/mol. The maximum Gasteiger partial charge on any atom is 0.303 e. The average molecular weight is 584 g/mol. The smallest absolute Gasteiger partial charge is 0.303 e. The Balaban J connectivity index is 1.79. The summed E-state index contributed by atoms with van der Waals surface area (Å²) in [4.78, 5) is 52.2. The number of aromatic nitrogens is 4. The van der Waals surface area contributed by atoms with Crippen molar-refractivity contribution in [1.82, 2.24) is 25.1 Å². The summed E-state index contributed by atoms with van der Waals surface area (Å²) < 4.78 is 24.4. The van der Waals surface area contributed by atoms with Crippen LogP contribution in [0.25, 0.3) is 17.1 Å². The van der Waals surface area contributed by atoms with Crippen LogP contribution in [0.15, 0.2) is 60.0 Å². The normalized spacial score (nSPS) is 21.9. The number of hydrogen-bond donors (Lipinski definition) is 1. The monoisotopic (exact) mass is 583 g/mol. The first kappa shape index (κ1) is 29.7. The largest absolute Gasteiger partial charge is 0.463 e. The topological polar surface area (TPSA) is 161 Å². The van der Waals surface area contributed by atoms with Gasteiger partial charge in [0.2, 0.25) is 5.91 Å². The van der Waals surface area contributed by atoms with Gasteiger partial charge in [0.1, 0.15) is 24.2 Å². The maximum atomic E-state index is 12.3. The van der Waals surface area contributed by atoms with Gasteiger partial charge in [0.25, 0.3) is 0 Å². The molecule has 3 aromatic rings. The lowest BCUT2D eigenvalue weighted by atomic mass is 9.97. The van der Waals surface area contributed by atoms with E-state index in [0.29, 0.717) is 11.0 Å². The molecule has 0 spiro atoms. The minimum Gasteiger partial charge on any atom is -0.463 e. The Morgan fingerprint density at radius 2 is 1.56 bits per heavy atom. The van der Waals surface area contributed by atoms with Gasteiger partial charge >= 0.3 is 17.9 Å². The Morgan fingerprint density at radius 1 is 0.902 bits per heavy atom. The third kappa shape index (κ3) is 7.46. The number of carbonyl (C=O) groups excluding carboxylic acids is 4. The summed E-state index contributed by atoms with van der Waals surface area (Å²) >= 11 is 1.11. The van der Waals surface area contributed by atoms with Crippen molar-refractivity contribution in [3.8, 4) is 17.1 Å². The lowest BCUT2D eigenvalue weighted by Gasteiger charge is -2.44. The first-order valence-electron chi connectivity index (χ1n) is 12.6. The van der Waals surface area contributed by atoms with Crippen LogP contribution in [0.4, 0.5) is 0 Å². The third-order valence-corrected chi connectivity index (χ3v) is 6.99. The van der Waals surface area contributed by atoms with Gasteiger partial charge in [-0.1, -0.05) is 30.0 Å². The van der Waals surface area contributed by atoms with E-state index in [1.807, 2.05) is 34.9 Å². The van der Waals surface area contributed by atoms with Crippen molar-refractivity contribution in [2.45, 2.75) is 62.6 Å². The highest BCUT2D eigenvalue weighted by Crippen LogP contribution is 2.37. The fraction of sp³-hybridized carbons (Fsp3) is 0.370. The van der Waals surface area contributed by atoms with Gasteiger partial charge in [-0.15, -0.1) is 10.2 Å². The van der Waals surface area contributed by atoms with Crippen LogP contribution in [0, 0.1) is 0 Å². The zero-order valence-electron chi connectivity index (χ0n) is 22.8. The molecule has 41 heavy (non-hydrogen) atoms. The van der Waals surface area contributed by atoms with Gasteiger partial charge in [0, 0.05) is 51.3 Å². The van der Waals surface area contributed by atoms with E-state index in [1.54, 1.807) is 24.5 Å². The average Bonchev–Trinajstić information content (AvgIpc) is 3.34. The maximum absolute atomic E-state index is 12.3. The molecule has 1 saturated heterocycles. The lowest BCUT2D eigenvalue weighted by molar-refractivity contribution is -0.211. The lowest BCUT2D eigenvalue weighted by Crippen LogP contribution is -2.65. The van der Waals surface area contributed by atoms with Crippen LogP contribution in [0.3, 0.4) is 0 Å². The Kier molecular flexibility index (Phi) is 9.68. The van der Waals surface area contributed by atoms with E-state index in [-0.39, 0.29) is 6.61 Å². The summed E-state index contributed by atoms with van der Waals surface area (Å²) in [5, 5.41) is 12.0. The van der Waals surface area contributed by atoms with Crippen LogP contribution < -0.4 is 5.32 Å². The highest BCUT2D eigenvalue weighted by molar-refractivity contribution is 7.99. The molecule has 1 aromatic carbocycles. The molecule has 2 aromatic heterocycles. The van der Waals surface area contributed by atoms with Gasteiger partial charge in [0.05, 0.1) is 0 Å². The van der Waals surface area contributed by atoms with E-state index in [0.717, 1.165) is 23.0 Å². The Hall–Kier alpha value is -4.30. The second-order valence-corrected chi connectivity index (χ2v) is 10.1. The molecule has 1 N–H and O–H groups in total. The van der Waals surface area contributed by atoms with E-state index >= 15 is 0 Å². The Morgan fingerprint density at radius 3 is 2.17 bits per heavy atom. The minimum atomic E-state index is -1.19. The first-order chi connectivity index (χ1) is 19.6. The quantitative estimate of drug-likeness (QED) is 0.289. The number of amides is 1. The van der Waals surface area contributed by atoms with Gasteiger partial charge in [-0.3, -0.25) is 28.7 Å². The van der Waals surface area contributed by atoms with Crippen LogP contribution >= 0.6 is 11.8 Å². The molecule has 0 saturated carbocycles. The Labute approximate surface area is 239 Å². The number of thioether (sulfide) groups is 1. The highest BCUT2D eigenvalue weighted by atomic mass is 32.2. The van der Waals surface area contributed by atoms with Gasteiger partial charge in [-0.05, 0) is 24.3 Å². The van der Waals surface area contributed by atoms with Crippen molar-refractivity contribution in [3.63, 3.8) is 0 Å². The van der Waals surface area contributed by atoms with E-state index in [4.69, 9.17) is 18.9 Å². The summed E-state index contributed by atoms with van der Waals surface area (Å²) in [6.07, 6.45) is -0.130. The number of rotatable bonds is 9. The van der Waals surface area contributed by atoms with Crippen molar-refractivity contribution < 1.29 is 38.1 Å². The molecule has 216 valence electrons. The van der Waals surface area contributed by atoms with Crippen molar-refractivity contribution in [2.75, 3.05) is 6.61 Å². The number of benzene rings is 1. The van der Waals surface area contributed by atoms with E-state index < -0.39 is 53.6 Å². The predicted octanol–water partition coefficient (Wildman–Crippen LogP) is 2.08. The zero-order chi connectivity index (χ0) is 29.5. The molecule has 1 fully saturated rings. The zero-order valence-corrected chi connectivity index (χ0v) is 23.6. The molecular weight excluding hydrogens is 554 g/mol. The molecule has 3 heterocycles. The number of hydrogen-bond acceptors (Lipinski definition) is 12. The fourth-order valence-electron chi connectivity index (χ4n) is 4.34. The highest BCUT2D eigenvalue weighted by Gasteiger charge is 2.51. The van der Waals surface area contributed by atoms with Crippen molar-refractivity contribution in [1.29, 1.82) is 0 Å². The summed E-state index contributed by atoms with van der Waals surface area (Å²) in [6.45, 7) is 4.60. The van der Waals surface area contributed by atoms with Crippen molar-refractivity contribution >= 4 is 35.6 Å². The molecule has 4 rings (SSSR count). The van der Waals surface area contributed by atoms with Crippen LogP contribution in [-0.2, 0) is 38.1 Å². The number of carbonyl (C=O) groups is 4. The summed E-state index contributed by atoms with van der Waals surface area (Å²) in [5.74, 6) is -1.85. The van der Waals surface area contributed by atoms with Crippen molar-refractivity contribution in [2.24, 2.45) is 0 Å². The van der Waals surface area contributed by atoms with E-state index in [9.17, 15) is 19.2 Å². The van der Waals surface area contributed by atoms with Gasteiger partial charge in [0.15, 0.2) is 23.2 Å². The second-order valence-electron chi connectivity index (χ2n) is 9.05. The molecule has 1 amide bonds. The molecule has 13 nitrogen and oxygen atoms in total. The van der Waals surface area contributed by atoms with Gasteiger partial charge in [-0.2, -0.15) is 0 Å². The SMILES string of the molecule is CC(=O)N[C@H]1[C@@H](OC(C)=O)[C@H](OC(C)=O)[C@@H](COC(C)=O)O[C@H]1Sc1nnc(-c2ccncc2)n1-c1ccccc1.